The number of hydrogen-bond acceptors (Lipinski definition) is 4. The van der Waals surface area contributed by atoms with Gasteiger partial charge in [-0.1, -0.05) is 0 Å². The number of carbonyl (C=O) groups excluding carboxylic acids is 1. The fourth-order valence-corrected chi connectivity index (χ4v) is 1.88. The number of nitrogen functional groups attached to an aromatic ring is 1. The summed E-state index contributed by atoms with van der Waals surface area (Å²) in [6.07, 6.45) is -1.73. The highest BCUT2D eigenvalue weighted by Gasteiger charge is 2.22. The molecule has 0 bridgehead atoms. The molecule has 1 aromatic heterocycles. The molecule has 0 aliphatic rings. The molecule has 15 heavy (non-hydrogen) atoms. The first-order chi connectivity index (χ1) is 6.99. The van der Waals surface area contributed by atoms with E-state index in [1.165, 1.54) is 0 Å². The minimum absolute atomic E-state index is 0.0226. The Morgan fingerprint density at radius 3 is 2.73 bits per heavy atom. The van der Waals surface area contributed by atoms with E-state index in [9.17, 15) is 13.6 Å². The lowest BCUT2D eigenvalue weighted by Gasteiger charge is -2.09. The van der Waals surface area contributed by atoms with Crippen molar-refractivity contribution in [3.63, 3.8) is 0 Å². The molecule has 2 N–H and O–H groups in total. The van der Waals surface area contributed by atoms with Crippen molar-refractivity contribution in [3.05, 3.63) is 21.0 Å². The number of carbonyl (C=O) groups is 1. The van der Waals surface area contributed by atoms with Crippen molar-refractivity contribution in [1.82, 2.24) is 4.98 Å². The molecule has 0 aromatic carbocycles. The van der Waals surface area contributed by atoms with Crippen LogP contribution >= 0.6 is 22.6 Å². The summed E-state index contributed by atoms with van der Waals surface area (Å²) < 4.78 is 29.4. The number of esters is 1. The van der Waals surface area contributed by atoms with Gasteiger partial charge in [-0.3, -0.25) is 4.98 Å². The van der Waals surface area contributed by atoms with Crippen LogP contribution in [-0.4, -0.2) is 18.1 Å². The van der Waals surface area contributed by atoms with Gasteiger partial charge in [0.15, 0.2) is 0 Å². The van der Waals surface area contributed by atoms with E-state index in [0.717, 1.165) is 13.3 Å². The van der Waals surface area contributed by atoms with Crippen LogP contribution in [0.4, 0.5) is 14.5 Å². The molecule has 0 atom stereocenters. The van der Waals surface area contributed by atoms with Crippen LogP contribution in [0.25, 0.3) is 0 Å². The minimum Gasteiger partial charge on any atom is -0.465 e. The molecule has 0 aliphatic carbocycles. The second-order valence-electron chi connectivity index (χ2n) is 2.58. The van der Waals surface area contributed by atoms with E-state index < -0.39 is 18.1 Å². The molecule has 1 heterocycles. The van der Waals surface area contributed by atoms with Crippen molar-refractivity contribution >= 4 is 34.2 Å². The minimum atomic E-state index is -2.75. The maximum Gasteiger partial charge on any atom is 0.341 e. The zero-order valence-corrected chi connectivity index (χ0v) is 9.79. The molecule has 0 spiro atoms. The maximum atomic E-state index is 12.4. The molecule has 0 fully saturated rings. The van der Waals surface area contributed by atoms with E-state index in [0.29, 0.717) is 0 Å². The van der Waals surface area contributed by atoms with Crippen molar-refractivity contribution in [1.29, 1.82) is 0 Å². The normalized spacial score (nSPS) is 10.5. The summed E-state index contributed by atoms with van der Waals surface area (Å²) in [5, 5.41) is 0. The van der Waals surface area contributed by atoms with E-state index in [1.54, 1.807) is 22.6 Å². The first-order valence-corrected chi connectivity index (χ1v) is 4.87. The van der Waals surface area contributed by atoms with Gasteiger partial charge in [-0.15, -0.1) is 0 Å². The highest BCUT2D eigenvalue weighted by atomic mass is 127. The van der Waals surface area contributed by atoms with Crippen LogP contribution in [-0.2, 0) is 4.74 Å². The summed E-state index contributed by atoms with van der Waals surface area (Å²) in [5.41, 5.74) is 4.94. The van der Waals surface area contributed by atoms with Crippen molar-refractivity contribution < 1.29 is 18.3 Å². The quantitative estimate of drug-likeness (QED) is 0.666. The Morgan fingerprint density at radius 2 is 2.27 bits per heavy atom. The first-order valence-electron chi connectivity index (χ1n) is 3.79. The highest BCUT2D eigenvalue weighted by molar-refractivity contribution is 14.1. The number of halogens is 3. The lowest BCUT2D eigenvalue weighted by atomic mass is 10.2. The van der Waals surface area contributed by atoms with Gasteiger partial charge in [-0.25, -0.2) is 13.6 Å². The third-order valence-corrected chi connectivity index (χ3v) is 2.76. The van der Waals surface area contributed by atoms with Gasteiger partial charge >= 0.3 is 5.97 Å². The van der Waals surface area contributed by atoms with Crippen molar-refractivity contribution in [2.45, 2.75) is 6.43 Å². The van der Waals surface area contributed by atoms with Crippen molar-refractivity contribution in [2.24, 2.45) is 0 Å². The summed E-state index contributed by atoms with van der Waals surface area (Å²) >= 11 is 1.60. The lowest BCUT2D eigenvalue weighted by Crippen LogP contribution is -2.11. The summed E-state index contributed by atoms with van der Waals surface area (Å²) in [7, 11) is 1.15. The molecular formula is C8H7F2IN2O2. The Bertz CT molecular complexity index is 398. The van der Waals surface area contributed by atoms with Crippen LogP contribution in [0.15, 0.2) is 6.20 Å². The molecule has 0 aliphatic heterocycles. The second-order valence-corrected chi connectivity index (χ2v) is 3.66. The molecular weight excluding hydrogens is 321 g/mol. The number of ether oxygens (including phenoxy) is 1. The number of aromatic nitrogens is 1. The van der Waals surface area contributed by atoms with Gasteiger partial charge in [0.1, 0.15) is 5.69 Å². The standard InChI is InChI=1S/C8H7F2IN2O2/c1-15-8(14)4-3(12)2-13-6(5(4)11)7(9)10/h2,7H,12H2,1H3. The van der Waals surface area contributed by atoms with Crippen LogP contribution in [0.1, 0.15) is 22.5 Å². The second kappa shape index (κ2) is 4.69. The Hall–Kier alpha value is -0.990. The fraction of sp³-hybridized carbons (Fsp3) is 0.250. The van der Waals surface area contributed by atoms with Crippen molar-refractivity contribution in [2.75, 3.05) is 12.8 Å². The fourth-order valence-electron chi connectivity index (χ4n) is 0.977. The Balaban J connectivity index is 3.36. The zero-order valence-electron chi connectivity index (χ0n) is 7.63. The molecule has 1 rings (SSSR count). The molecule has 0 saturated carbocycles. The van der Waals surface area contributed by atoms with E-state index in [4.69, 9.17) is 5.73 Å². The molecule has 1 aromatic rings. The number of pyridine rings is 1. The largest absolute Gasteiger partial charge is 0.465 e. The Morgan fingerprint density at radius 1 is 1.67 bits per heavy atom. The molecule has 7 heteroatoms. The first kappa shape index (κ1) is 12.1. The number of alkyl halides is 2. The average molecular weight is 328 g/mol. The Labute approximate surface area is 98.0 Å². The van der Waals surface area contributed by atoms with Gasteiger partial charge in [-0.2, -0.15) is 0 Å². The summed E-state index contributed by atoms with van der Waals surface area (Å²) in [6, 6.07) is 0. The van der Waals surface area contributed by atoms with Gasteiger partial charge in [0.05, 0.1) is 28.1 Å². The molecule has 82 valence electrons. The van der Waals surface area contributed by atoms with E-state index in [1.807, 2.05) is 0 Å². The van der Waals surface area contributed by atoms with Crippen LogP contribution in [0.3, 0.4) is 0 Å². The summed E-state index contributed by atoms with van der Waals surface area (Å²) in [5.74, 6) is -0.749. The van der Waals surface area contributed by atoms with Gasteiger partial charge in [-0.05, 0) is 22.6 Å². The van der Waals surface area contributed by atoms with Gasteiger partial charge in [0.2, 0.25) is 0 Å². The lowest BCUT2D eigenvalue weighted by molar-refractivity contribution is 0.0600. The van der Waals surface area contributed by atoms with Crippen LogP contribution in [0, 0.1) is 3.57 Å². The summed E-state index contributed by atoms with van der Waals surface area (Å²) in [4.78, 5) is 14.7. The van der Waals surface area contributed by atoms with Crippen molar-refractivity contribution in [3.8, 4) is 0 Å². The molecule has 0 saturated heterocycles. The third-order valence-electron chi connectivity index (χ3n) is 1.67. The third kappa shape index (κ3) is 2.33. The summed E-state index contributed by atoms with van der Waals surface area (Å²) in [6.45, 7) is 0. The van der Waals surface area contributed by atoms with E-state index >= 15 is 0 Å². The molecule has 4 nitrogen and oxygen atoms in total. The molecule has 0 radical (unpaired) electrons. The SMILES string of the molecule is COC(=O)c1c(N)cnc(C(F)F)c1I. The number of rotatable bonds is 2. The van der Waals surface area contributed by atoms with E-state index in [-0.39, 0.29) is 14.8 Å². The number of hydrogen-bond donors (Lipinski definition) is 1. The van der Waals surface area contributed by atoms with Crippen LogP contribution in [0.2, 0.25) is 0 Å². The average Bonchev–Trinajstić information content (AvgIpc) is 2.16. The predicted octanol–water partition coefficient (Wildman–Crippen LogP) is 1.99. The van der Waals surface area contributed by atoms with Gasteiger partial charge in [0, 0.05) is 0 Å². The Kier molecular flexibility index (Phi) is 3.77. The molecule has 0 amide bonds. The number of methoxy groups -OCH3 is 1. The number of nitrogens with zero attached hydrogens (tertiary/aromatic N) is 1. The highest BCUT2D eigenvalue weighted by Crippen LogP contribution is 2.28. The maximum absolute atomic E-state index is 12.4. The van der Waals surface area contributed by atoms with Gasteiger partial charge < -0.3 is 10.5 Å². The van der Waals surface area contributed by atoms with E-state index in [2.05, 4.69) is 9.72 Å². The predicted molar refractivity (Wildman–Crippen MR) is 57.7 cm³/mol. The number of anilines is 1. The topological polar surface area (TPSA) is 65.2 Å². The number of nitrogens with two attached hydrogens (primary N) is 1. The van der Waals surface area contributed by atoms with Crippen LogP contribution in [0.5, 0.6) is 0 Å². The monoisotopic (exact) mass is 328 g/mol. The zero-order chi connectivity index (χ0) is 11.6. The smallest absolute Gasteiger partial charge is 0.341 e. The van der Waals surface area contributed by atoms with Gasteiger partial charge in [0.25, 0.3) is 6.43 Å². The van der Waals surface area contributed by atoms with Crippen LogP contribution < -0.4 is 5.73 Å². The molecule has 0 unspecified atom stereocenters.